The SMILES string of the molecule is NCC1N=Cc2ccccc21. The van der Waals surface area contributed by atoms with Crippen LogP contribution in [0.4, 0.5) is 0 Å². The largest absolute Gasteiger partial charge is 0.328 e. The summed E-state index contributed by atoms with van der Waals surface area (Å²) in [6.45, 7) is 0.605. The van der Waals surface area contributed by atoms with Crippen molar-refractivity contribution in [2.75, 3.05) is 6.54 Å². The Bertz CT molecular complexity index is 291. The molecule has 1 aromatic carbocycles. The van der Waals surface area contributed by atoms with Crippen molar-refractivity contribution in [1.82, 2.24) is 0 Å². The third kappa shape index (κ3) is 0.955. The Labute approximate surface area is 65.8 Å². The second-order valence-electron chi connectivity index (χ2n) is 2.66. The van der Waals surface area contributed by atoms with E-state index in [2.05, 4.69) is 17.1 Å². The molecule has 0 saturated carbocycles. The van der Waals surface area contributed by atoms with Crippen LogP contribution in [0.3, 0.4) is 0 Å². The fraction of sp³-hybridized carbons (Fsp3) is 0.222. The lowest BCUT2D eigenvalue weighted by Crippen LogP contribution is -2.08. The number of hydrogen-bond acceptors (Lipinski definition) is 2. The van der Waals surface area contributed by atoms with Crippen LogP contribution in [0.15, 0.2) is 29.3 Å². The summed E-state index contributed by atoms with van der Waals surface area (Å²) in [5.74, 6) is 0. The molecule has 1 aromatic rings. The second-order valence-corrected chi connectivity index (χ2v) is 2.66. The Morgan fingerprint density at radius 2 is 2.18 bits per heavy atom. The molecule has 0 aliphatic carbocycles. The van der Waals surface area contributed by atoms with Crippen LogP contribution in [-0.4, -0.2) is 12.8 Å². The maximum absolute atomic E-state index is 5.53. The van der Waals surface area contributed by atoms with E-state index in [4.69, 9.17) is 5.73 Å². The third-order valence-electron chi connectivity index (χ3n) is 1.97. The molecule has 2 nitrogen and oxygen atoms in total. The fourth-order valence-corrected chi connectivity index (χ4v) is 1.37. The molecular formula is C9H10N2. The molecular weight excluding hydrogens is 136 g/mol. The molecule has 0 saturated heterocycles. The van der Waals surface area contributed by atoms with Crippen LogP contribution >= 0.6 is 0 Å². The molecule has 2 N–H and O–H groups in total. The highest BCUT2D eigenvalue weighted by atomic mass is 14.8. The Hall–Kier alpha value is -1.15. The lowest BCUT2D eigenvalue weighted by atomic mass is 10.1. The quantitative estimate of drug-likeness (QED) is 0.633. The standard InChI is InChI=1S/C9H10N2/c10-5-9-8-4-2-1-3-7(8)6-11-9/h1-4,6,9H,5,10H2. The van der Waals surface area contributed by atoms with Crippen molar-refractivity contribution in [2.24, 2.45) is 10.7 Å². The van der Waals surface area contributed by atoms with Crippen LogP contribution < -0.4 is 5.73 Å². The molecule has 0 radical (unpaired) electrons. The van der Waals surface area contributed by atoms with E-state index in [0.29, 0.717) is 6.54 Å². The van der Waals surface area contributed by atoms with E-state index >= 15 is 0 Å². The number of nitrogens with two attached hydrogens (primary N) is 1. The molecule has 0 fully saturated rings. The van der Waals surface area contributed by atoms with Gasteiger partial charge in [-0.25, -0.2) is 0 Å². The van der Waals surface area contributed by atoms with Gasteiger partial charge >= 0.3 is 0 Å². The monoisotopic (exact) mass is 146 g/mol. The summed E-state index contributed by atoms with van der Waals surface area (Å²) in [6, 6.07) is 8.39. The molecule has 1 heterocycles. The zero-order valence-corrected chi connectivity index (χ0v) is 6.20. The van der Waals surface area contributed by atoms with Crippen LogP contribution in [0.2, 0.25) is 0 Å². The van der Waals surface area contributed by atoms with Gasteiger partial charge in [0.25, 0.3) is 0 Å². The molecule has 1 aliphatic rings. The van der Waals surface area contributed by atoms with E-state index in [9.17, 15) is 0 Å². The van der Waals surface area contributed by atoms with Crippen molar-refractivity contribution in [2.45, 2.75) is 6.04 Å². The molecule has 0 spiro atoms. The number of fused-ring (bicyclic) bond motifs is 1. The first-order valence-electron chi connectivity index (χ1n) is 3.74. The minimum Gasteiger partial charge on any atom is -0.328 e. The topological polar surface area (TPSA) is 38.4 Å². The van der Waals surface area contributed by atoms with Crippen LogP contribution in [0, 0.1) is 0 Å². The van der Waals surface area contributed by atoms with Crippen LogP contribution in [-0.2, 0) is 0 Å². The third-order valence-corrected chi connectivity index (χ3v) is 1.97. The summed E-state index contributed by atoms with van der Waals surface area (Å²) in [7, 11) is 0. The average Bonchev–Trinajstić information content (AvgIpc) is 2.47. The van der Waals surface area contributed by atoms with E-state index in [1.54, 1.807) is 0 Å². The Morgan fingerprint density at radius 1 is 1.36 bits per heavy atom. The smallest absolute Gasteiger partial charge is 0.0877 e. The van der Waals surface area contributed by atoms with Gasteiger partial charge in [0.1, 0.15) is 0 Å². The predicted octanol–water partition coefficient (Wildman–Crippen LogP) is 1.12. The zero-order valence-electron chi connectivity index (χ0n) is 6.20. The summed E-state index contributed by atoms with van der Waals surface area (Å²) in [5.41, 5.74) is 8.01. The normalized spacial score (nSPS) is 20.3. The van der Waals surface area contributed by atoms with Gasteiger partial charge in [0.15, 0.2) is 0 Å². The van der Waals surface area contributed by atoms with E-state index in [0.717, 1.165) is 0 Å². The summed E-state index contributed by atoms with van der Waals surface area (Å²) in [4.78, 5) is 4.27. The van der Waals surface area contributed by atoms with Gasteiger partial charge < -0.3 is 5.73 Å². The maximum atomic E-state index is 5.53. The Morgan fingerprint density at radius 3 is 3.00 bits per heavy atom. The van der Waals surface area contributed by atoms with E-state index < -0.39 is 0 Å². The molecule has 11 heavy (non-hydrogen) atoms. The molecule has 1 atom stereocenters. The number of nitrogens with zero attached hydrogens (tertiary/aromatic N) is 1. The first-order chi connectivity index (χ1) is 5.42. The van der Waals surface area contributed by atoms with Crippen molar-refractivity contribution in [3.05, 3.63) is 35.4 Å². The summed E-state index contributed by atoms with van der Waals surface area (Å²) in [6.07, 6.45) is 1.90. The van der Waals surface area contributed by atoms with Crippen molar-refractivity contribution in [3.8, 4) is 0 Å². The first kappa shape index (κ1) is 6.55. The fourth-order valence-electron chi connectivity index (χ4n) is 1.37. The lowest BCUT2D eigenvalue weighted by molar-refractivity contribution is 0.757. The molecule has 1 unspecified atom stereocenters. The minimum atomic E-state index is 0.200. The number of rotatable bonds is 1. The average molecular weight is 146 g/mol. The first-order valence-corrected chi connectivity index (χ1v) is 3.74. The van der Waals surface area contributed by atoms with E-state index in [-0.39, 0.29) is 6.04 Å². The predicted molar refractivity (Wildman–Crippen MR) is 45.8 cm³/mol. The van der Waals surface area contributed by atoms with Gasteiger partial charge in [-0.3, -0.25) is 4.99 Å². The molecule has 0 aromatic heterocycles. The van der Waals surface area contributed by atoms with Crippen LogP contribution in [0.25, 0.3) is 0 Å². The zero-order chi connectivity index (χ0) is 7.68. The summed E-state index contributed by atoms with van der Waals surface area (Å²) in [5, 5.41) is 0. The minimum absolute atomic E-state index is 0.200. The molecule has 1 aliphatic heterocycles. The maximum Gasteiger partial charge on any atom is 0.0877 e. The van der Waals surface area contributed by atoms with Gasteiger partial charge in [0.2, 0.25) is 0 Å². The van der Waals surface area contributed by atoms with Crippen molar-refractivity contribution in [1.29, 1.82) is 0 Å². The Kier molecular flexibility index (Phi) is 1.47. The lowest BCUT2D eigenvalue weighted by Gasteiger charge is -2.04. The highest BCUT2D eigenvalue weighted by Crippen LogP contribution is 2.24. The van der Waals surface area contributed by atoms with Gasteiger partial charge in [-0.1, -0.05) is 24.3 Å². The molecule has 2 heteroatoms. The second kappa shape index (κ2) is 2.47. The van der Waals surface area contributed by atoms with E-state index in [1.807, 2.05) is 18.3 Å². The molecule has 0 bridgehead atoms. The highest BCUT2D eigenvalue weighted by Gasteiger charge is 2.15. The summed E-state index contributed by atoms with van der Waals surface area (Å²) >= 11 is 0. The van der Waals surface area contributed by atoms with Crippen molar-refractivity contribution in [3.63, 3.8) is 0 Å². The highest BCUT2D eigenvalue weighted by molar-refractivity contribution is 5.85. The Balaban J connectivity index is 2.46. The van der Waals surface area contributed by atoms with Crippen molar-refractivity contribution < 1.29 is 0 Å². The van der Waals surface area contributed by atoms with E-state index in [1.165, 1.54) is 11.1 Å². The van der Waals surface area contributed by atoms with Crippen molar-refractivity contribution >= 4 is 6.21 Å². The molecule has 2 rings (SSSR count). The number of aliphatic imine (C=N–C) groups is 1. The summed E-state index contributed by atoms with van der Waals surface area (Å²) < 4.78 is 0. The van der Waals surface area contributed by atoms with Crippen LogP contribution in [0.5, 0.6) is 0 Å². The van der Waals surface area contributed by atoms with Gasteiger partial charge in [-0.05, 0) is 11.1 Å². The molecule has 56 valence electrons. The van der Waals surface area contributed by atoms with Gasteiger partial charge in [0, 0.05) is 12.8 Å². The molecule has 0 amide bonds. The van der Waals surface area contributed by atoms with Crippen LogP contribution in [0.1, 0.15) is 17.2 Å². The van der Waals surface area contributed by atoms with Gasteiger partial charge in [0.05, 0.1) is 6.04 Å². The van der Waals surface area contributed by atoms with Gasteiger partial charge in [-0.15, -0.1) is 0 Å². The number of hydrogen-bond donors (Lipinski definition) is 1. The van der Waals surface area contributed by atoms with Gasteiger partial charge in [-0.2, -0.15) is 0 Å². The number of benzene rings is 1.